The van der Waals surface area contributed by atoms with Gasteiger partial charge in [-0.2, -0.15) is 0 Å². The summed E-state index contributed by atoms with van der Waals surface area (Å²) in [4.78, 5) is 12.2. The molecular weight excluding hydrogens is 346 g/mol. The second kappa shape index (κ2) is 14.1. The predicted molar refractivity (Wildman–Crippen MR) is 111 cm³/mol. The number of nitrogens with one attached hydrogen (secondary N) is 1. The maximum Gasteiger partial charge on any atom is 0.309 e. The lowest BCUT2D eigenvalue weighted by molar-refractivity contribution is -0.151. The SMILES string of the molecule is CCCCCCCNC[C@H]1CC[C@H](C(=O)OCc2ccccc2)CC1.Cl. The molecule has 1 aliphatic carbocycles. The minimum atomic E-state index is -0.00816. The van der Waals surface area contributed by atoms with Gasteiger partial charge in [0.25, 0.3) is 0 Å². The van der Waals surface area contributed by atoms with Crippen molar-refractivity contribution in [1.29, 1.82) is 0 Å². The van der Waals surface area contributed by atoms with E-state index >= 15 is 0 Å². The van der Waals surface area contributed by atoms with Crippen molar-refractivity contribution >= 4 is 18.4 Å². The number of carbonyl (C=O) groups is 1. The lowest BCUT2D eigenvalue weighted by atomic mass is 9.82. The van der Waals surface area contributed by atoms with Crippen LogP contribution in [0.25, 0.3) is 0 Å². The van der Waals surface area contributed by atoms with Gasteiger partial charge in [0.1, 0.15) is 6.61 Å². The Morgan fingerprint density at radius 1 is 1.04 bits per heavy atom. The Labute approximate surface area is 165 Å². The molecule has 0 aromatic heterocycles. The van der Waals surface area contributed by atoms with E-state index in [4.69, 9.17) is 4.74 Å². The number of hydrogen-bond acceptors (Lipinski definition) is 3. The number of benzene rings is 1. The third-order valence-corrected chi connectivity index (χ3v) is 5.29. The molecule has 4 heteroatoms. The Morgan fingerprint density at radius 3 is 2.42 bits per heavy atom. The van der Waals surface area contributed by atoms with Crippen LogP contribution in [0.3, 0.4) is 0 Å². The van der Waals surface area contributed by atoms with Crippen molar-refractivity contribution in [1.82, 2.24) is 5.32 Å². The summed E-state index contributed by atoms with van der Waals surface area (Å²) in [5.74, 6) is 0.828. The van der Waals surface area contributed by atoms with Crippen molar-refractivity contribution < 1.29 is 9.53 Å². The third kappa shape index (κ3) is 9.05. The zero-order valence-electron chi connectivity index (χ0n) is 16.3. The van der Waals surface area contributed by atoms with E-state index < -0.39 is 0 Å². The Kier molecular flexibility index (Phi) is 12.4. The van der Waals surface area contributed by atoms with Gasteiger partial charge < -0.3 is 10.1 Å². The summed E-state index contributed by atoms with van der Waals surface area (Å²) >= 11 is 0. The van der Waals surface area contributed by atoms with Gasteiger partial charge in [0, 0.05) is 0 Å². The predicted octanol–water partition coefficient (Wildman–Crippen LogP) is 5.52. The van der Waals surface area contributed by atoms with Crippen LogP contribution in [0.15, 0.2) is 30.3 Å². The summed E-state index contributed by atoms with van der Waals surface area (Å²) in [7, 11) is 0. The van der Waals surface area contributed by atoms with Gasteiger partial charge in [-0.3, -0.25) is 4.79 Å². The van der Waals surface area contributed by atoms with Crippen LogP contribution in [-0.4, -0.2) is 19.1 Å². The topological polar surface area (TPSA) is 38.3 Å². The van der Waals surface area contributed by atoms with E-state index in [2.05, 4.69) is 12.2 Å². The summed E-state index contributed by atoms with van der Waals surface area (Å²) in [6.07, 6.45) is 10.9. The molecular formula is C22H36ClNO2. The van der Waals surface area contributed by atoms with E-state index in [-0.39, 0.29) is 24.3 Å². The number of rotatable bonds is 11. The smallest absolute Gasteiger partial charge is 0.309 e. The van der Waals surface area contributed by atoms with Crippen LogP contribution < -0.4 is 5.32 Å². The summed E-state index contributed by atoms with van der Waals surface area (Å²) < 4.78 is 5.49. The molecule has 1 N–H and O–H groups in total. The summed E-state index contributed by atoms with van der Waals surface area (Å²) in [5, 5.41) is 3.61. The van der Waals surface area contributed by atoms with Gasteiger partial charge in [0.2, 0.25) is 0 Å². The van der Waals surface area contributed by atoms with Crippen molar-refractivity contribution in [2.45, 2.75) is 71.3 Å². The average molecular weight is 382 g/mol. The number of ether oxygens (including phenoxy) is 1. The lowest BCUT2D eigenvalue weighted by Gasteiger charge is -2.27. The van der Waals surface area contributed by atoms with Gasteiger partial charge in [-0.25, -0.2) is 0 Å². The Hall–Kier alpha value is -1.06. The molecule has 1 aliphatic rings. The monoisotopic (exact) mass is 381 g/mol. The number of halogens is 1. The number of unbranched alkanes of at least 4 members (excludes halogenated alkanes) is 4. The van der Waals surface area contributed by atoms with E-state index in [1.165, 1.54) is 32.1 Å². The van der Waals surface area contributed by atoms with Crippen LogP contribution in [0.1, 0.15) is 70.3 Å². The van der Waals surface area contributed by atoms with E-state index in [1.54, 1.807) is 0 Å². The molecule has 1 fully saturated rings. The maximum atomic E-state index is 12.2. The molecule has 1 aromatic rings. The summed E-state index contributed by atoms with van der Waals surface area (Å²) in [6, 6.07) is 9.93. The number of carbonyl (C=O) groups excluding carboxylic acids is 1. The quantitative estimate of drug-likeness (QED) is 0.405. The van der Waals surface area contributed by atoms with E-state index in [9.17, 15) is 4.79 Å². The van der Waals surface area contributed by atoms with Crippen molar-refractivity contribution in [3.63, 3.8) is 0 Å². The third-order valence-electron chi connectivity index (χ3n) is 5.29. The fourth-order valence-corrected chi connectivity index (χ4v) is 3.61. The molecule has 26 heavy (non-hydrogen) atoms. The zero-order valence-corrected chi connectivity index (χ0v) is 17.1. The van der Waals surface area contributed by atoms with Crippen LogP contribution in [0.4, 0.5) is 0 Å². The highest BCUT2D eigenvalue weighted by atomic mass is 35.5. The fourth-order valence-electron chi connectivity index (χ4n) is 3.61. The Bertz CT molecular complexity index is 472. The van der Waals surface area contributed by atoms with Crippen LogP contribution in [0.5, 0.6) is 0 Å². The molecule has 0 unspecified atom stereocenters. The van der Waals surface area contributed by atoms with Crippen LogP contribution >= 0.6 is 12.4 Å². The summed E-state index contributed by atoms with van der Waals surface area (Å²) in [6.45, 7) is 4.91. The Morgan fingerprint density at radius 2 is 1.73 bits per heavy atom. The number of esters is 1. The highest BCUT2D eigenvalue weighted by Gasteiger charge is 2.27. The molecule has 0 heterocycles. The van der Waals surface area contributed by atoms with Crippen LogP contribution in [-0.2, 0) is 16.1 Å². The first-order valence-electron chi connectivity index (χ1n) is 10.2. The maximum absolute atomic E-state index is 12.2. The second-order valence-electron chi connectivity index (χ2n) is 7.43. The van der Waals surface area contributed by atoms with Crippen LogP contribution in [0, 0.1) is 11.8 Å². The van der Waals surface area contributed by atoms with E-state index in [0.29, 0.717) is 6.61 Å². The first-order chi connectivity index (χ1) is 12.3. The molecule has 148 valence electrons. The lowest BCUT2D eigenvalue weighted by Crippen LogP contribution is -2.30. The molecule has 2 rings (SSSR count). The molecule has 1 saturated carbocycles. The zero-order chi connectivity index (χ0) is 17.7. The van der Waals surface area contributed by atoms with Gasteiger partial charge in [-0.1, -0.05) is 62.9 Å². The molecule has 0 spiro atoms. The van der Waals surface area contributed by atoms with Crippen molar-refractivity contribution in [2.75, 3.05) is 13.1 Å². The first kappa shape index (κ1) is 23.0. The van der Waals surface area contributed by atoms with Gasteiger partial charge in [-0.05, 0) is 56.7 Å². The highest BCUT2D eigenvalue weighted by molar-refractivity contribution is 5.85. The van der Waals surface area contributed by atoms with Gasteiger partial charge in [-0.15, -0.1) is 12.4 Å². The number of hydrogen-bond donors (Lipinski definition) is 1. The van der Waals surface area contributed by atoms with Crippen molar-refractivity contribution in [3.8, 4) is 0 Å². The summed E-state index contributed by atoms with van der Waals surface area (Å²) in [5.41, 5.74) is 1.06. The minimum absolute atomic E-state index is 0. The standard InChI is InChI=1S/C22H35NO2.ClH/c1-2-3-4-5-9-16-23-17-19-12-14-21(15-13-19)22(24)25-18-20-10-7-6-8-11-20;/h6-8,10-11,19,21,23H,2-5,9,12-18H2,1H3;1H/t19-,21-;. The van der Waals surface area contributed by atoms with Crippen LogP contribution in [0.2, 0.25) is 0 Å². The van der Waals surface area contributed by atoms with Gasteiger partial charge in [0.15, 0.2) is 0 Å². The van der Waals surface area contributed by atoms with E-state index in [1.807, 2.05) is 30.3 Å². The Balaban J connectivity index is 0.00000338. The largest absolute Gasteiger partial charge is 0.461 e. The normalized spacial score (nSPS) is 19.6. The molecule has 0 atom stereocenters. The average Bonchev–Trinajstić information content (AvgIpc) is 2.67. The van der Waals surface area contributed by atoms with Gasteiger partial charge in [0.05, 0.1) is 5.92 Å². The molecule has 3 nitrogen and oxygen atoms in total. The van der Waals surface area contributed by atoms with E-state index in [0.717, 1.165) is 50.3 Å². The molecule has 0 amide bonds. The van der Waals surface area contributed by atoms with Gasteiger partial charge >= 0.3 is 5.97 Å². The molecule has 0 radical (unpaired) electrons. The molecule has 0 saturated heterocycles. The minimum Gasteiger partial charge on any atom is -0.461 e. The fraction of sp³-hybridized carbons (Fsp3) is 0.682. The molecule has 1 aromatic carbocycles. The van der Waals surface area contributed by atoms with Crippen molar-refractivity contribution in [2.24, 2.45) is 11.8 Å². The first-order valence-corrected chi connectivity index (χ1v) is 10.2. The molecule has 0 bridgehead atoms. The molecule has 0 aliphatic heterocycles. The van der Waals surface area contributed by atoms with Crippen molar-refractivity contribution in [3.05, 3.63) is 35.9 Å². The second-order valence-corrected chi connectivity index (χ2v) is 7.43. The highest BCUT2D eigenvalue weighted by Crippen LogP contribution is 2.29.